The van der Waals surface area contributed by atoms with Gasteiger partial charge in [0.1, 0.15) is 0 Å². The Bertz CT molecular complexity index is 572. The molecule has 1 aromatic heterocycles. The number of nitrogen functional groups attached to an aromatic ring is 1. The Labute approximate surface area is 111 Å². The van der Waals surface area contributed by atoms with E-state index in [1.807, 2.05) is 25.1 Å². The minimum absolute atomic E-state index is 0.0506. The van der Waals surface area contributed by atoms with Crippen molar-refractivity contribution in [3.05, 3.63) is 51.9 Å². The van der Waals surface area contributed by atoms with Crippen LogP contribution in [0.15, 0.2) is 30.3 Å². The largest absolute Gasteiger partial charge is 0.390 e. The maximum absolute atomic E-state index is 11.8. The standard InChI is InChI=1S/C15H17NOS/c1-9(12-7-5-4-6-8-12)13-11(3)18-15(16)14(13)10(2)17/h4-9H,16H2,1-3H3. The smallest absolute Gasteiger partial charge is 0.163 e. The van der Waals surface area contributed by atoms with E-state index >= 15 is 0 Å². The van der Waals surface area contributed by atoms with Crippen molar-refractivity contribution >= 4 is 22.1 Å². The third kappa shape index (κ3) is 2.18. The second-order valence-electron chi connectivity index (χ2n) is 4.50. The molecule has 0 bridgehead atoms. The van der Waals surface area contributed by atoms with Crippen molar-refractivity contribution in [1.29, 1.82) is 0 Å². The fraction of sp³-hybridized carbons (Fsp3) is 0.267. The highest BCUT2D eigenvalue weighted by Gasteiger charge is 2.22. The average molecular weight is 259 g/mol. The molecule has 0 fully saturated rings. The lowest BCUT2D eigenvalue weighted by Gasteiger charge is -2.14. The lowest BCUT2D eigenvalue weighted by molar-refractivity contribution is 0.101. The number of hydrogen-bond acceptors (Lipinski definition) is 3. The molecule has 1 heterocycles. The van der Waals surface area contributed by atoms with Gasteiger partial charge in [0, 0.05) is 10.8 Å². The quantitative estimate of drug-likeness (QED) is 0.847. The summed E-state index contributed by atoms with van der Waals surface area (Å²) in [5.74, 6) is 0.244. The normalized spacial score (nSPS) is 12.4. The molecule has 0 radical (unpaired) electrons. The minimum Gasteiger partial charge on any atom is -0.390 e. The monoisotopic (exact) mass is 259 g/mol. The van der Waals surface area contributed by atoms with Crippen molar-refractivity contribution in [3.8, 4) is 0 Å². The van der Waals surface area contributed by atoms with E-state index < -0.39 is 0 Å². The predicted molar refractivity (Wildman–Crippen MR) is 77.4 cm³/mol. The van der Waals surface area contributed by atoms with Gasteiger partial charge in [-0.25, -0.2) is 0 Å². The Morgan fingerprint density at radius 1 is 1.28 bits per heavy atom. The van der Waals surface area contributed by atoms with E-state index in [9.17, 15) is 4.79 Å². The molecule has 1 aromatic carbocycles. The molecule has 2 aromatic rings. The highest BCUT2D eigenvalue weighted by molar-refractivity contribution is 7.16. The molecule has 0 saturated carbocycles. The van der Waals surface area contributed by atoms with Gasteiger partial charge >= 0.3 is 0 Å². The molecule has 0 spiro atoms. The Hall–Kier alpha value is -1.61. The summed E-state index contributed by atoms with van der Waals surface area (Å²) in [4.78, 5) is 12.9. The first-order valence-electron chi connectivity index (χ1n) is 5.97. The summed E-state index contributed by atoms with van der Waals surface area (Å²) in [6.45, 7) is 5.73. The molecule has 1 atom stereocenters. The summed E-state index contributed by atoms with van der Waals surface area (Å²) in [6, 6.07) is 10.2. The lowest BCUT2D eigenvalue weighted by Crippen LogP contribution is -2.05. The molecule has 2 rings (SSSR count). The van der Waals surface area contributed by atoms with Gasteiger partial charge in [0.2, 0.25) is 0 Å². The number of hydrogen-bond donors (Lipinski definition) is 1. The zero-order valence-electron chi connectivity index (χ0n) is 10.9. The zero-order chi connectivity index (χ0) is 13.3. The number of carbonyl (C=O) groups is 1. The second-order valence-corrected chi connectivity index (χ2v) is 5.76. The highest BCUT2D eigenvalue weighted by atomic mass is 32.1. The van der Waals surface area contributed by atoms with Crippen LogP contribution >= 0.6 is 11.3 Å². The first kappa shape index (κ1) is 12.8. The van der Waals surface area contributed by atoms with Crippen molar-refractivity contribution in [2.24, 2.45) is 0 Å². The molecule has 1 unspecified atom stereocenters. The summed E-state index contributed by atoms with van der Waals surface area (Å²) in [5, 5.41) is 0.637. The topological polar surface area (TPSA) is 43.1 Å². The van der Waals surface area contributed by atoms with E-state index in [1.165, 1.54) is 16.9 Å². The first-order valence-corrected chi connectivity index (χ1v) is 6.78. The van der Waals surface area contributed by atoms with Crippen molar-refractivity contribution in [3.63, 3.8) is 0 Å². The molecule has 2 N–H and O–H groups in total. The van der Waals surface area contributed by atoms with E-state index in [-0.39, 0.29) is 11.7 Å². The molecule has 0 amide bonds. The number of carbonyl (C=O) groups excluding carboxylic acids is 1. The average Bonchev–Trinajstić information content (AvgIpc) is 2.64. The van der Waals surface area contributed by atoms with Gasteiger partial charge in [-0.15, -0.1) is 11.3 Å². The number of thiophene rings is 1. The van der Waals surface area contributed by atoms with Gasteiger partial charge in [-0.05, 0) is 25.0 Å². The first-order chi connectivity index (χ1) is 8.52. The number of aryl methyl sites for hydroxylation is 1. The van der Waals surface area contributed by atoms with Crippen LogP contribution < -0.4 is 5.73 Å². The van der Waals surface area contributed by atoms with Gasteiger partial charge in [-0.3, -0.25) is 4.79 Å². The van der Waals surface area contributed by atoms with Gasteiger partial charge in [-0.1, -0.05) is 37.3 Å². The van der Waals surface area contributed by atoms with Crippen LogP contribution in [0, 0.1) is 6.92 Å². The van der Waals surface area contributed by atoms with Crippen LogP contribution in [0.2, 0.25) is 0 Å². The van der Waals surface area contributed by atoms with Crippen LogP contribution in [-0.4, -0.2) is 5.78 Å². The van der Waals surface area contributed by atoms with Crippen molar-refractivity contribution < 1.29 is 4.79 Å². The molecule has 0 aliphatic rings. The van der Waals surface area contributed by atoms with Crippen LogP contribution in [0.1, 0.15) is 46.1 Å². The maximum Gasteiger partial charge on any atom is 0.163 e. The number of rotatable bonds is 3. The van der Waals surface area contributed by atoms with Crippen LogP contribution in [0.3, 0.4) is 0 Å². The number of benzene rings is 1. The van der Waals surface area contributed by atoms with Gasteiger partial charge < -0.3 is 5.73 Å². The lowest BCUT2D eigenvalue weighted by atomic mass is 9.89. The van der Waals surface area contributed by atoms with E-state index in [2.05, 4.69) is 19.1 Å². The van der Waals surface area contributed by atoms with Crippen LogP contribution in [0.5, 0.6) is 0 Å². The Balaban J connectivity index is 2.55. The Kier molecular flexibility index (Phi) is 3.53. The predicted octanol–water partition coefficient (Wildman–Crippen LogP) is 3.99. The van der Waals surface area contributed by atoms with E-state index in [0.717, 1.165) is 10.4 Å². The molecule has 18 heavy (non-hydrogen) atoms. The summed E-state index contributed by atoms with van der Waals surface area (Å²) < 4.78 is 0. The fourth-order valence-electron chi connectivity index (χ4n) is 2.37. The number of ketones is 1. The van der Waals surface area contributed by atoms with Crippen LogP contribution in [-0.2, 0) is 0 Å². The fourth-order valence-corrected chi connectivity index (χ4v) is 3.45. The molecule has 0 saturated heterocycles. The number of nitrogens with two attached hydrogens (primary N) is 1. The van der Waals surface area contributed by atoms with Crippen molar-refractivity contribution in [1.82, 2.24) is 0 Å². The third-order valence-corrected chi connectivity index (χ3v) is 4.19. The molecule has 3 heteroatoms. The summed E-state index contributed by atoms with van der Waals surface area (Å²) in [6.07, 6.45) is 0. The van der Waals surface area contributed by atoms with Crippen molar-refractivity contribution in [2.45, 2.75) is 26.7 Å². The highest BCUT2D eigenvalue weighted by Crippen LogP contribution is 2.38. The Morgan fingerprint density at radius 3 is 2.44 bits per heavy atom. The minimum atomic E-state index is 0.0506. The van der Waals surface area contributed by atoms with Gasteiger partial charge in [0.25, 0.3) is 0 Å². The van der Waals surface area contributed by atoms with Crippen LogP contribution in [0.25, 0.3) is 0 Å². The molecule has 0 aliphatic heterocycles. The second kappa shape index (κ2) is 4.94. The van der Waals surface area contributed by atoms with Gasteiger partial charge in [0.15, 0.2) is 5.78 Å². The van der Waals surface area contributed by atoms with E-state index in [1.54, 1.807) is 6.92 Å². The molecular formula is C15H17NOS. The number of anilines is 1. The summed E-state index contributed by atoms with van der Waals surface area (Å²) >= 11 is 1.50. The molecule has 94 valence electrons. The number of Topliss-reactive ketones (excluding diaryl/α,β-unsaturated/α-hetero) is 1. The molecular weight excluding hydrogens is 242 g/mol. The summed E-state index contributed by atoms with van der Waals surface area (Å²) in [7, 11) is 0. The van der Waals surface area contributed by atoms with Crippen molar-refractivity contribution in [2.75, 3.05) is 5.73 Å². The van der Waals surface area contributed by atoms with Gasteiger partial charge in [0.05, 0.1) is 10.6 Å². The Morgan fingerprint density at radius 2 is 1.89 bits per heavy atom. The van der Waals surface area contributed by atoms with E-state index in [0.29, 0.717) is 10.6 Å². The van der Waals surface area contributed by atoms with Crippen LogP contribution in [0.4, 0.5) is 5.00 Å². The van der Waals surface area contributed by atoms with Gasteiger partial charge in [-0.2, -0.15) is 0 Å². The van der Waals surface area contributed by atoms with E-state index in [4.69, 9.17) is 5.73 Å². The third-order valence-electron chi connectivity index (χ3n) is 3.24. The summed E-state index contributed by atoms with van der Waals surface area (Å²) in [5.41, 5.74) is 8.95. The molecule has 0 aliphatic carbocycles. The zero-order valence-corrected chi connectivity index (χ0v) is 11.7. The maximum atomic E-state index is 11.8. The molecule has 2 nitrogen and oxygen atoms in total. The SMILES string of the molecule is CC(=O)c1c(N)sc(C)c1C(C)c1ccccc1.